The van der Waals surface area contributed by atoms with Crippen LogP contribution in [0, 0.1) is 35.9 Å². The van der Waals surface area contributed by atoms with Crippen molar-refractivity contribution in [2.45, 2.75) is 45.8 Å². The molecule has 0 radical (unpaired) electrons. The zero-order chi connectivity index (χ0) is 28.8. The number of nitrogens with zero attached hydrogens (tertiary/aromatic N) is 5. The van der Waals surface area contributed by atoms with Crippen molar-refractivity contribution in [1.82, 2.24) is 20.2 Å². The number of halogens is 1. The fourth-order valence-corrected chi connectivity index (χ4v) is 5.74. The normalized spacial score (nSPS) is 11.5. The second kappa shape index (κ2) is 12.6. The summed E-state index contributed by atoms with van der Waals surface area (Å²) in [5.41, 5.74) is 4.87. The Kier molecular flexibility index (Phi) is 8.57. The van der Waals surface area contributed by atoms with Gasteiger partial charge in [0.05, 0.1) is 36.8 Å². The number of hydrogen-bond acceptors (Lipinski definition) is 7. The number of tetrazole rings is 1. The Morgan fingerprint density at radius 2 is 1.88 bits per heavy atom. The van der Waals surface area contributed by atoms with Crippen LogP contribution in [0.1, 0.15) is 41.8 Å². The predicted octanol–water partition coefficient (Wildman–Crippen LogP) is 6.85. The lowest BCUT2D eigenvalue weighted by Gasteiger charge is -2.13. The van der Waals surface area contributed by atoms with Crippen molar-refractivity contribution in [2.24, 2.45) is 0 Å². The van der Waals surface area contributed by atoms with Gasteiger partial charge in [-0.3, -0.25) is 0 Å². The van der Waals surface area contributed by atoms with E-state index in [4.69, 9.17) is 14.7 Å². The molecule has 0 amide bonds. The third-order valence-electron chi connectivity index (χ3n) is 6.85. The first-order chi connectivity index (χ1) is 20.0. The van der Waals surface area contributed by atoms with E-state index in [2.05, 4.69) is 33.4 Å². The molecule has 5 rings (SSSR count). The van der Waals surface area contributed by atoms with E-state index in [1.807, 2.05) is 60.8 Å². The number of aromatic nitrogens is 4. The van der Waals surface area contributed by atoms with Gasteiger partial charge in [-0.25, -0.2) is 9.07 Å². The molecule has 0 unspecified atom stereocenters. The van der Waals surface area contributed by atoms with Crippen molar-refractivity contribution in [3.05, 3.63) is 88.3 Å². The summed E-state index contributed by atoms with van der Waals surface area (Å²) in [7, 11) is 1.65. The lowest BCUT2D eigenvalue weighted by Crippen LogP contribution is -2.10. The first kappa shape index (κ1) is 27.8. The summed E-state index contributed by atoms with van der Waals surface area (Å²) >= 11 is 1.40. The van der Waals surface area contributed by atoms with Crippen LogP contribution in [0.5, 0.6) is 11.5 Å². The number of ether oxygens (including phenoxy) is 2. The molecule has 9 heteroatoms. The topological polar surface area (TPSA) is 85.9 Å². The molecule has 0 N–H and O–H groups in total. The molecule has 7 nitrogen and oxygen atoms in total. The number of nitriles is 1. The molecule has 0 aliphatic rings. The predicted molar refractivity (Wildman–Crippen MR) is 157 cm³/mol. The fourth-order valence-electron chi connectivity index (χ4n) is 4.78. The van der Waals surface area contributed by atoms with Crippen LogP contribution in [0.2, 0.25) is 0 Å². The van der Waals surface area contributed by atoms with Crippen molar-refractivity contribution in [3.63, 3.8) is 0 Å². The van der Waals surface area contributed by atoms with Crippen LogP contribution in [-0.2, 0) is 19.6 Å². The maximum atomic E-state index is 15.1. The first-order valence-electron chi connectivity index (χ1n) is 13.1. The average molecular weight is 566 g/mol. The van der Waals surface area contributed by atoms with Gasteiger partial charge in [0, 0.05) is 17.4 Å². The lowest BCUT2D eigenvalue weighted by atomic mass is 9.95. The van der Waals surface area contributed by atoms with Gasteiger partial charge < -0.3 is 9.47 Å². The van der Waals surface area contributed by atoms with E-state index in [9.17, 15) is 0 Å². The minimum Gasteiger partial charge on any atom is -0.497 e. The van der Waals surface area contributed by atoms with E-state index in [1.165, 1.54) is 11.3 Å². The Morgan fingerprint density at radius 1 is 1.07 bits per heavy atom. The van der Waals surface area contributed by atoms with Gasteiger partial charge in [0.15, 0.2) is 5.82 Å². The minimum atomic E-state index is -0.253. The summed E-state index contributed by atoms with van der Waals surface area (Å²) in [5.74, 6) is 8.01. The summed E-state index contributed by atoms with van der Waals surface area (Å²) in [6.07, 6.45) is 0.856. The van der Waals surface area contributed by atoms with E-state index < -0.39 is 0 Å². The number of fused-ring (bicyclic) bond motifs is 1. The summed E-state index contributed by atoms with van der Waals surface area (Å²) in [6.45, 7) is 4.50. The van der Waals surface area contributed by atoms with Gasteiger partial charge in [-0.2, -0.15) is 5.26 Å². The molecule has 0 bridgehead atoms. The number of hydrogen-bond donors (Lipinski definition) is 0. The molecule has 3 aromatic carbocycles. The molecule has 0 saturated heterocycles. The second-order valence-corrected chi connectivity index (χ2v) is 10.4. The molecule has 2 heterocycles. The molecule has 1 atom stereocenters. The van der Waals surface area contributed by atoms with Gasteiger partial charge >= 0.3 is 0 Å². The van der Waals surface area contributed by atoms with Crippen molar-refractivity contribution in [1.29, 1.82) is 5.26 Å². The molecule has 206 valence electrons. The van der Waals surface area contributed by atoms with Gasteiger partial charge in [-0.1, -0.05) is 24.1 Å². The molecule has 41 heavy (non-hydrogen) atoms. The first-order valence-corrected chi connectivity index (χ1v) is 14.0. The highest BCUT2D eigenvalue weighted by Gasteiger charge is 2.17. The molecule has 0 aliphatic heterocycles. The molecular formula is C32H28FN5O2S. The lowest BCUT2D eigenvalue weighted by molar-refractivity contribution is 0.305. The third kappa shape index (κ3) is 6.21. The van der Waals surface area contributed by atoms with E-state index in [0.29, 0.717) is 35.7 Å². The maximum Gasteiger partial charge on any atom is 0.152 e. The SMILES string of the molecule is CC#C[C@@H](Cc1nnnn1CCC#N)c1ccc(OCc2cc(F)c3scc(-c4ccc(OC)cc4C)c3c2)cc1. The van der Waals surface area contributed by atoms with Crippen LogP contribution in [-0.4, -0.2) is 27.3 Å². The van der Waals surface area contributed by atoms with Crippen molar-refractivity contribution < 1.29 is 13.9 Å². The molecular weight excluding hydrogens is 537 g/mol. The third-order valence-corrected chi connectivity index (χ3v) is 7.85. The number of benzene rings is 3. The van der Waals surface area contributed by atoms with Crippen molar-refractivity contribution >= 4 is 21.4 Å². The van der Waals surface area contributed by atoms with Crippen LogP contribution in [0.15, 0.2) is 60.0 Å². The zero-order valence-corrected chi connectivity index (χ0v) is 23.8. The molecule has 0 saturated carbocycles. The second-order valence-electron chi connectivity index (χ2n) is 9.52. The quantitative estimate of drug-likeness (QED) is 0.172. The van der Waals surface area contributed by atoms with Crippen LogP contribution in [0.3, 0.4) is 0 Å². The van der Waals surface area contributed by atoms with Crippen LogP contribution in [0.4, 0.5) is 4.39 Å². The highest BCUT2D eigenvalue weighted by Crippen LogP contribution is 2.38. The summed E-state index contributed by atoms with van der Waals surface area (Å²) < 4.78 is 28.8. The molecule has 0 fully saturated rings. The average Bonchev–Trinajstić information content (AvgIpc) is 3.62. The highest BCUT2D eigenvalue weighted by atomic mass is 32.1. The van der Waals surface area contributed by atoms with Crippen LogP contribution >= 0.6 is 11.3 Å². The van der Waals surface area contributed by atoms with Crippen LogP contribution < -0.4 is 9.47 Å². The van der Waals surface area contributed by atoms with Gasteiger partial charge in [0.25, 0.3) is 0 Å². The molecule has 2 aromatic heterocycles. The highest BCUT2D eigenvalue weighted by molar-refractivity contribution is 7.17. The minimum absolute atomic E-state index is 0.115. The Hall–Kier alpha value is -4.73. The zero-order valence-electron chi connectivity index (χ0n) is 23.0. The number of thiophene rings is 1. The number of aryl methyl sites for hydroxylation is 2. The van der Waals surface area contributed by atoms with Gasteiger partial charge in [0.2, 0.25) is 0 Å². The summed E-state index contributed by atoms with van der Waals surface area (Å²) in [4.78, 5) is 0. The summed E-state index contributed by atoms with van der Waals surface area (Å²) in [6, 6.07) is 19.3. The Balaban J connectivity index is 1.32. The molecule has 5 aromatic rings. The molecule has 0 aliphatic carbocycles. The number of methoxy groups -OCH3 is 1. The number of rotatable bonds is 10. The Morgan fingerprint density at radius 3 is 2.61 bits per heavy atom. The Labute approximate surface area is 242 Å². The van der Waals surface area contributed by atoms with Gasteiger partial charge in [0.1, 0.15) is 23.9 Å². The van der Waals surface area contributed by atoms with Gasteiger partial charge in [-0.15, -0.1) is 22.4 Å². The van der Waals surface area contributed by atoms with Crippen LogP contribution in [0.25, 0.3) is 21.2 Å². The maximum absolute atomic E-state index is 15.1. The van der Waals surface area contributed by atoms with E-state index in [0.717, 1.165) is 39.0 Å². The fraction of sp³-hybridized carbons (Fsp3) is 0.250. The summed E-state index contributed by atoms with van der Waals surface area (Å²) in [5, 5.41) is 23.6. The van der Waals surface area contributed by atoms with Crippen molar-refractivity contribution in [3.8, 4) is 40.5 Å². The Bertz CT molecular complexity index is 1780. The van der Waals surface area contributed by atoms with E-state index in [-0.39, 0.29) is 18.3 Å². The van der Waals surface area contributed by atoms with E-state index >= 15 is 4.39 Å². The van der Waals surface area contributed by atoms with Gasteiger partial charge in [-0.05, 0) is 88.3 Å². The largest absolute Gasteiger partial charge is 0.497 e. The standard InChI is InChI=1S/C32H28FN5O2S/c1-4-6-24(18-31-35-36-37-38(31)14-5-13-34)23-7-9-25(10-8-23)40-19-22-16-28-29(20-41-32(28)30(33)17-22)27-12-11-26(39-3)15-21(27)2/h7-12,15-17,20,24H,5,14,18-19H2,1-3H3/t24-/m0/s1. The van der Waals surface area contributed by atoms with E-state index in [1.54, 1.807) is 24.8 Å². The monoisotopic (exact) mass is 565 g/mol. The smallest absolute Gasteiger partial charge is 0.152 e. The molecule has 0 spiro atoms. The van der Waals surface area contributed by atoms with Crippen molar-refractivity contribution in [2.75, 3.05) is 7.11 Å².